The lowest BCUT2D eigenvalue weighted by Crippen LogP contribution is -2.41. The second-order valence-corrected chi connectivity index (χ2v) is 7.26. The van der Waals surface area contributed by atoms with Gasteiger partial charge in [0, 0.05) is 6.54 Å². The van der Waals surface area contributed by atoms with Gasteiger partial charge in [0.05, 0.1) is 24.0 Å². The molecule has 1 heterocycles. The number of halogens is 2. The van der Waals surface area contributed by atoms with Crippen molar-refractivity contribution in [2.24, 2.45) is 11.3 Å². The summed E-state index contributed by atoms with van der Waals surface area (Å²) in [5.41, 5.74) is -0.0458. The van der Waals surface area contributed by atoms with E-state index in [2.05, 4.69) is 12.2 Å². The summed E-state index contributed by atoms with van der Waals surface area (Å²) in [7, 11) is 0. The molecule has 0 radical (unpaired) electrons. The Labute approximate surface area is 146 Å². The Kier molecular flexibility index (Phi) is 4.53. The smallest absolute Gasteiger partial charge is 0.312 e. The Morgan fingerprint density at radius 2 is 2.17 bits per heavy atom. The highest BCUT2D eigenvalue weighted by molar-refractivity contribution is 7.80. The van der Waals surface area contributed by atoms with Gasteiger partial charge in [-0.25, -0.2) is 0 Å². The third-order valence-corrected chi connectivity index (χ3v) is 5.98. The zero-order chi connectivity index (χ0) is 17.5. The quantitative estimate of drug-likeness (QED) is 0.553. The van der Waals surface area contributed by atoms with Crippen molar-refractivity contribution in [3.8, 4) is 0 Å². The summed E-state index contributed by atoms with van der Waals surface area (Å²) in [6, 6.07) is -0.206. The van der Waals surface area contributed by atoms with E-state index in [1.807, 2.05) is 13.0 Å². The number of alkyl halides is 2. The van der Waals surface area contributed by atoms with E-state index < -0.39 is 23.2 Å². The first-order valence-corrected chi connectivity index (χ1v) is 8.98. The lowest BCUT2D eigenvalue weighted by Gasteiger charge is -2.28. The van der Waals surface area contributed by atoms with E-state index in [9.17, 15) is 13.6 Å². The number of allylic oxidation sites excluding steroid dienone is 2. The van der Waals surface area contributed by atoms with E-state index >= 15 is 0 Å². The van der Waals surface area contributed by atoms with Crippen LogP contribution in [0.4, 0.5) is 8.78 Å². The number of hydrogen-bond donors (Lipinski definition) is 0. The molecule has 2 atom stereocenters. The summed E-state index contributed by atoms with van der Waals surface area (Å²) in [4.78, 5) is 13.5. The lowest BCUT2D eigenvalue weighted by atomic mass is 9.85. The first-order valence-electron chi connectivity index (χ1n) is 8.57. The van der Waals surface area contributed by atoms with Crippen LogP contribution >= 0.6 is 12.2 Å². The van der Waals surface area contributed by atoms with Crippen LogP contribution in [0.5, 0.6) is 0 Å². The molecule has 3 rings (SSSR count). The lowest BCUT2D eigenvalue weighted by molar-refractivity contribution is -0.156. The molecule has 0 aromatic heterocycles. The molecule has 0 unspecified atom stereocenters. The number of nitrogens with zero attached hydrogens (tertiary/aromatic N) is 1. The standard InChI is InChI=1S/C18H23F2NO2S/c1-3-23-16(22)17(9-10-17)14-11-21(15(24)18(14,19)20)12(2)13-7-5-4-6-8-13/h5,7-8,12,14H,3-4,6,9-11H2,1-2H3/t12-,14+/m0/s1. The highest BCUT2D eigenvalue weighted by atomic mass is 32.1. The summed E-state index contributed by atoms with van der Waals surface area (Å²) in [5.74, 6) is -4.73. The molecule has 2 fully saturated rings. The molecule has 0 spiro atoms. The van der Waals surface area contributed by atoms with Crippen LogP contribution in [0.3, 0.4) is 0 Å². The van der Waals surface area contributed by atoms with E-state index in [1.165, 1.54) is 0 Å². The van der Waals surface area contributed by atoms with Crippen LogP contribution in [-0.4, -0.2) is 41.0 Å². The zero-order valence-electron chi connectivity index (χ0n) is 14.1. The van der Waals surface area contributed by atoms with Gasteiger partial charge < -0.3 is 9.64 Å². The Morgan fingerprint density at radius 3 is 2.71 bits per heavy atom. The van der Waals surface area contributed by atoms with Crippen LogP contribution in [0.2, 0.25) is 0 Å². The molecule has 0 aromatic rings. The first-order chi connectivity index (χ1) is 11.3. The maximum absolute atomic E-state index is 14.9. The minimum Gasteiger partial charge on any atom is -0.466 e. The third-order valence-electron chi connectivity index (χ3n) is 5.47. The summed E-state index contributed by atoms with van der Waals surface area (Å²) < 4.78 is 34.8. The fraction of sp³-hybridized carbons (Fsp3) is 0.667. The Balaban J connectivity index is 1.84. The summed E-state index contributed by atoms with van der Waals surface area (Å²) in [5, 5.41) is 0. The van der Waals surface area contributed by atoms with Crippen LogP contribution in [0, 0.1) is 11.3 Å². The molecule has 1 saturated heterocycles. The molecule has 3 aliphatic rings. The van der Waals surface area contributed by atoms with Crippen molar-refractivity contribution in [2.45, 2.75) is 51.5 Å². The molecule has 6 heteroatoms. The number of esters is 1. The fourth-order valence-corrected chi connectivity index (χ4v) is 4.19. The summed E-state index contributed by atoms with van der Waals surface area (Å²) >= 11 is 5.12. The zero-order valence-corrected chi connectivity index (χ0v) is 14.9. The maximum atomic E-state index is 14.9. The molecule has 0 aromatic carbocycles. The van der Waals surface area contributed by atoms with Gasteiger partial charge in [0.25, 0.3) is 0 Å². The van der Waals surface area contributed by atoms with Gasteiger partial charge in [0.15, 0.2) is 0 Å². The van der Waals surface area contributed by atoms with Crippen molar-refractivity contribution in [3.63, 3.8) is 0 Å². The Hall–Kier alpha value is -1.30. The molecule has 132 valence electrons. The van der Waals surface area contributed by atoms with Crippen molar-refractivity contribution >= 4 is 23.2 Å². The minimum atomic E-state index is -3.15. The molecule has 1 aliphatic heterocycles. The topological polar surface area (TPSA) is 29.5 Å². The number of ether oxygens (including phenoxy) is 1. The number of thiocarbonyl (C=S) groups is 1. The second kappa shape index (κ2) is 6.21. The van der Waals surface area contributed by atoms with Crippen LogP contribution in [0.25, 0.3) is 0 Å². The highest BCUT2D eigenvalue weighted by Crippen LogP contribution is 2.60. The van der Waals surface area contributed by atoms with Crippen LogP contribution in [-0.2, 0) is 9.53 Å². The largest absolute Gasteiger partial charge is 0.466 e. The normalized spacial score (nSPS) is 28.5. The molecule has 0 bridgehead atoms. The average molecular weight is 355 g/mol. The van der Waals surface area contributed by atoms with Crippen LogP contribution in [0.15, 0.2) is 23.8 Å². The molecule has 24 heavy (non-hydrogen) atoms. The van der Waals surface area contributed by atoms with Crippen molar-refractivity contribution in [3.05, 3.63) is 23.8 Å². The van der Waals surface area contributed by atoms with Crippen molar-refractivity contribution < 1.29 is 18.3 Å². The van der Waals surface area contributed by atoms with E-state index in [0.29, 0.717) is 12.8 Å². The number of rotatable bonds is 5. The maximum Gasteiger partial charge on any atom is 0.312 e. The number of likely N-dealkylation sites (tertiary alicyclic amines) is 1. The molecular weight excluding hydrogens is 332 g/mol. The SMILES string of the molecule is CCOC(=O)C1([C@H]2CN([C@@H](C)C3=CCCC=C3)C(=S)C2(F)F)CC1. The van der Waals surface area contributed by atoms with Crippen LogP contribution in [0.1, 0.15) is 39.5 Å². The number of hydrogen-bond acceptors (Lipinski definition) is 3. The van der Waals surface area contributed by atoms with Gasteiger partial charge in [-0.1, -0.05) is 30.4 Å². The summed E-state index contributed by atoms with van der Waals surface area (Å²) in [6.45, 7) is 3.91. The summed E-state index contributed by atoms with van der Waals surface area (Å²) in [6.07, 6.45) is 8.94. The predicted octanol–water partition coefficient (Wildman–Crippen LogP) is 3.89. The van der Waals surface area contributed by atoms with E-state index in [0.717, 1.165) is 18.4 Å². The molecule has 3 nitrogen and oxygen atoms in total. The molecule has 1 saturated carbocycles. The average Bonchev–Trinajstić information content (AvgIpc) is 3.33. The van der Waals surface area contributed by atoms with Gasteiger partial charge in [-0.2, -0.15) is 8.78 Å². The van der Waals surface area contributed by atoms with Gasteiger partial charge >= 0.3 is 11.9 Å². The molecular formula is C18H23F2NO2S. The van der Waals surface area contributed by atoms with Gasteiger partial charge in [-0.05, 0) is 45.1 Å². The van der Waals surface area contributed by atoms with Gasteiger partial charge in [-0.3, -0.25) is 4.79 Å². The monoisotopic (exact) mass is 355 g/mol. The highest BCUT2D eigenvalue weighted by Gasteiger charge is 2.69. The first kappa shape index (κ1) is 17.5. The Bertz CT molecular complexity index is 610. The predicted molar refractivity (Wildman–Crippen MR) is 92.0 cm³/mol. The van der Waals surface area contributed by atoms with Crippen molar-refractivity contribution in [1.29, 1.82) is 0 Å². The number of carbonyl (C=O) groups excluding carboxylic acids is 1. The van der Waals surface area contributed by atoms with E-state index in [-0.39, 0.29) is 24.2 Å². The van der Waals surface area contributed by atoms with Gasteiger partial charge in [0.1, 0.15) is 4.99 Å². The van der Waals surface area contributed by atoms with Crippen molar-refractivity contribution in [2.75, 3.05) is 13.2 Å². The number of carbonyl (C=O) groups is 1. The third kappa shape index (κ3) is 2.68. The van der Waals surface area contributed by atoms with Gasteiger partial charge in [0.2, 0.25) is 0 Å². The second-order valence-electron chi connectivity index (χ2n) is 6.87. The van der Waals surface area contributed by atoms with E-state index in [4.69, 9.17) is 17.0 Å². The van der Waals surface area contributed by atoms with Crippen LogP contribution < -0.4 is 0 Å². The molecule has 0 N–H and O–H groups in total. The Morgan fingerprint density at radius 1 is 1.46 bits per heavy atom. The molecule has 0 amide bonds. The van der Waals surface area contributed by atoms with Gasteiger partial charge in [-0.15, -0.1) is 0 Å². The fourth-order valence-electron chi connectivity index (χ4n) is 3.82. The van der Waals surface area contributed by atoms with E-state index in [1.54, 1.807) is 11.8 Å². The van der Waals surface area contributed by atoms with Crippen molar-refractivity contribution in [1.82, 2.24) is 4.90 Å². The minimum absolute atomic E-state index is 0.108. The molecule has 2 aliphatic carbocycles.